The summed E-state index contributed by atoms with van der Waals surface area (Å²) in [6.45, 7) is 1.05. The Kier molecular flexibility index (Phi) is 6.08. The molecule has 6 nitrogen and oxygen atoms in total. The average molecular weight is 376 g/mol. The fourth-order valence-electron chi connectivity index (χ4n) is 4.02. The molecule has 0 atom stereocenters. The van der Waals surface area contributed by atoms with Crippen LogP contribution in [-0.2, 0) is 14.4 Å². The normalized spacial score (nSPS) is 23.7. The summed E-state index contributed by atoms with van der Waals surface area (Å²) < 4.78 is 13.2. The first-order chi connectivity index (χ1) is 12.9. The lowest BCUT2D eigenvalue weighted by Gasteiger charge is -2.35. The van der Waals surface area contributed by atoms with Crippen molar-refractivity contribution in [1.82, 2.24) is 4.90 Å². The van der Waals surface area contributed by atoms with E-state index in [1.54, 1.807) is 17.0 Å². The van der Waals surface area contributed by atoms with Crippen molar-refractivity contribution in [3.63, 3.8) is 0 Å². The molecule has 3 rings (SSSR count). The molecule has 1 aliphatic carbocycles. The summed E-state index contributed by atoms with van der Waals surface area (Å²) >= 11 is 0. The predicted molar refractivity (Wildman–Crippen MR) is 97.4 cm³/mol. The highest BCUT2D eigenvalue weighted by Gasteiger charge is 2.34. The number of amides is 2. The van der Waals surface area contributed by atoms with Crippen LogP contribution in [0.4, 0.5) is 10.1 Å². The standard InChI is InChI=1S/C20H25FN2O4/c21-16-2-1-3-17(12-16)22-18(24)13-8-10-23(11-9-13)19(25)14-4-6-15(7-5-14)20(26)27/h1-3,12-15H,4-11H2,(H,22,24)(H,26,27). The fourth-order valence-corrected chi connectivity index (χ4v) is 4.02. The van der Waals surface area contributed by atoms with Gasteiger partial charge < -0.3 is 15.3 Å². The number of benzene rings is 1. The molecule has 1 heterocycles. The van der Waals surface area contributed by atoms with Crippen LogP contribution in [0.25, 0.3) is 0 Å². The summed E-state index contributed by atoms with van der Waals surface area (Å²) in [4.78, 5) is 37.9. The van der Waals surface area contributed by atoms with Crippen LogP contribution in [0.2, 0.25) is 0 Å². The van der Waals surface area contributed by atoms with E-state index in [2.05, 4.69) is 5.32 Å². The van der Waals surface area contributed by atoms with Crippen LogP contribution < -0.4 is 5.32 Å². The molecule has 0 spiro atoms. The molecule has 1 saturated carbocycles. The number of hydrogen-bond acceptors (Lipinski definition) is 3. The summed E-state index contributed by atoms with van der Waals surface area (Å²) in [7, 11) is 0. The summed E-state index contributed by atoms with van der Waals surface area (Å²) in [6.07, 6.45) is 3.51. The van der Waals surface area contributed by atoms with Gasteiger partial charge in [0.25, 0.3) is 0 Å². The molecule has 0 radical (unpaired) electrons. The van der Waals surface area contributed by atoms with Gasteiger partial charge in [0.15, 0.2) is 0 Å². The maximum absolute atomic E-state index is 13.2. The van der Waals surface area contributed by atoms with Gasteiger partial charge in [-0.25, -0.2) is 4.39 Å². The van der Waals surface area contributed by atoms with Crippen LogP contribution in [0, 0.1) is 23.6 Å². The third-order valence-electron chi connectivity index (χ3n) is 5.70. The lowest BCUT2D eigenvalue weighted by atomic mass is 9.81. The first-order valence-electron chi connectivity index (χ1n) is 9.52. The number of halogens is 1. The predicted octanol–water partition coefficient (Wildman–Crippen LogP) is 2.89. The molecule has 2 amide bonds. The molecule has 0 unspecified atom stereocenters. The molecule has 0 aromatic heterocycles. The van der Waals surface area contributed by atoms with Crippen molar-refractivity contribution in [1.29, 1.82) is 0 Å². The van der Waals surface area contributed by atoms with E-state index in [1.807, 2.05) is 0 Å². The average Bonchev–Trinajstić information content (AvgIpc) is 2.67. The minimum Gasteiger partial charge on any atom is -0.481 e. The molecular weight excluding hydrogens is 351 g/mol. The number of rotatable bonds is 4. The zero-order valence-electron chi connectivity index (χ0n) is 15.2. The molecule has 2 N–H and O–H groups in total. The number of carboxylic acid groups (broad SMARTS) is 1. The van der Waals surface area contributed by atoms with E-state index in [9.17, 15) is 18.8 Å². The Morgan fingerprint density at radius 2 is 1.59 bits per heavy atom. The summed E-state index contributed by atoms with van der Waals surface area (Å²) in [5, 5.41) is 11.8. The summed E-state index contributed by atoms with van der Waals surface area (Å²) in [5.41, 5.74) is 0.439. The molecule has 2 fully saturated rings. The van der Waals surface area contributed by atoms with Gasteiger partial charge in [0.05, 0.1) is 5.92 Å². The fraction of sp³-hybridized carbons (Fsp3) is 0.550. The molecule has 0 bridgehead atoms. The van der Waals surface area contributed by atoms with Crippen molar-refractivity contribution in [2.24, 2.45) is 17.8 Å². The SMILES string of the molecule is O=C(O)C1CCC(C(=O)N2CCC(C(=O)Nc3cccc(F)c3)CC2)CC1. The second-order valence-electron chi connectivity index (χ2n) is 7.49. The Hall–Kier alpha value is -2.44. The number of piperidine rings is 1. The van der Waals surface area contributed by atoms with E-state index < -0.39 is 11.8 Å². The number of nitrogens with zero attached hydrogens (tertiary/aromatic N) is 1. The van der Waals surface area contributed by atoms with Crippen LogP contribution >= 0.6 is 0 Å². The molecule has 1 aromatic rings. The number of carbonyl (C=O) groups excluding carboxylic acids is 2. The number of anilines is 1. The minimum atomic E-state index is -0.772. The first-order valence-corrected chi connectivity index (χ1v) is 9.52. The van der Waals surface area contributed by atoms with Gasteiger partial charge in [-0.3, -0.25) is 14.4 Å². The molecule has 1 aromatic carbocycles. The topological polar surface area (TPSA) is 86.7 Å². The summed E-state index contributed by atoms with van der Waals surface area (Å²) in [6, 6.07) is 5.80. The number of hydrogen-bond donors (Lipinski definition) is 2. The zero-order chi connectivity index (χ0) is 19.4. The largest absolute Gasteiger partial charge is 0.481 e. The molecule has 2 aliphatic rings. The number of aliphatic carboxylic acids is 1. The highest BCUT2D eigenvalue weighted by molar-refractivity contribution is 5.92. The van der Waals surface area contributed by atoms with Gasteiger partial charge in [0.2, 0.25) is 11.8 Å². The van der Waals surface area contributed by atoms with Crippen molar-refractivity contribution in [3.05, 3.63) is 30.1 Å². The van der Waals surface area contributed by atoms with E-state index >= 15 is 0 Å². The maximum Gasteiger partial charge on any atom is 0.306 e. The first kappa shape index (κ1) is 19.3. The third-order valence-corrected chi connectivity index (χ3v) is 5.70. The molecular formula is C20H25FN2O4. The second kappa shape index (κ2) is 8.50. The number of carboxylic acids is 1. The Morgan fingerprint density at radius 3 is 2.19 bits per heavy atom. The van der Waals surface area contributed by atoms with E-state index in [1.165, 1.54) is 12.1 Å². The second-order valence-corrected chi connectivity index (χ2v) is 7.49. The van der Waals surface area contributed by atoms with Gasteiger partial charge in [-0.2, -0.15) is 0 Å². The Balaban J connectivity index is 1.46. The van der Waals surface area contributed by atoms with Crippen molar-refractivity contribution < 1.29 is 23.9 Å². The smallest absolute Gasteiger partial charge is 0.306 e. The Bertz CT molecular complexity index is 708. The maximum atomic E-state index is 13.2. The van der Waals surface area contributed by atoms with Crippen molar-refractivity contribution in [2.75, 3.05) is 18.4 Å². The lowest BCUT2D eigenvalue weighted by Crippen LogP contribution is -2.44. The molecule has 7 heteroatoms. The van der Waals surface area contributed by atoms with Gasteiger partial charge >= 0.3 is 5.97 Å². The molecule has 27 heavy (non-hydrogen) atoms. The van der Waals surface area contributed by atoms with Crippen molar-refractivity contribution >= 4 is 23.5 Å². The monoisotopic (exact) mass is 376 g/mol. The van der Waals surface area contributed by atoms with Crippen LogP contribution in [0.5, 0.6) is 0 Å². The van der Waals surface area contributed by atoms with Gasteiger partial charge in [-0.1, -0.05) is 6.07 Å². The Labute approximate surface area is 157 Å². The van der Waals surface area contributed by atoms with Gasteiger partial charge in [-0.05, 0) is 56.7 Å². The van der Waals surface area contributed by atoms with Crippen molar-refractivity contribution in [3.8, 4) is 0 Å². The van der Waals surface area contributed by atoms with Crippen LogP contribution in [0.15, 0.2) is 24.3 Å². The highest BCUT2D eigenvalue weighted by Crippen LogP contribution is 2.31. The van der Waals surface area contributed by atoms with Gasteiger partial charge in [-0.15, -0.1) is 0 Å². The van der Waals surface area contributed by atoms with E-state index in [-0.39, 0.29) is 29.6 Å². The van der Waals surface area contributed by atoms with Crippen LogP contribution in [-0.4, -0.2) is 40.9 Å². The van der Waals surface area contributed by atoms with Crippen LogP contribution in [0.3, 0.4) is 0 Å². The number of carbonyl (C=O) groups is 3. The molecule has 1 saturated heterocycles. The zero-order valence-corrected chi connectivity index (χ0v) is 15.2. The minimum absolute atomic E-state index is 0.0860. The quantitative estimate of drug-likeness (QED) is 0.846. The van der Waals surface area contributed by atoms with E-state index in [0.717, 1.165) is 0 Å². The summed E-state index contributed by atoms with van der Waals surface area (Å²) in [5.74, 6) is -1.85. The van der Waals surface area contributed by atoms with Crippen molar-refractivity contribution in [2.45, 2.75) is 38.5 Å². The molecule has 146 valence electrons. The lowest BCUT2D eigenvalue weighted by molar-refractivity contribution is -0.146. The molecule has 1 aliphatic heterocycles. The Morgan fingerprint density at radius 1 is 0.963 bits per heavy atom. The van der Waals surface area contributed by atoms with E-state index in [0.29, 0.717) is 57.3 Å². The van der Waals surface area contributed by atoms with E-state index in [4.69, 9.17) is 5.11 Å². The van der Waals surface area contributed by atoms with Gasteiger partial charge in [0.1, 0.15) is 5.82 Å². The third kappa shape index (κ3) is 4.84. The van der Waals surface area contributed by atoms with Crippen LogP contribution in [0.1, 0.15) is 38.5 Å². The van der Waals surface area contributed by atoms with Gasteiger partial charge in [0, 0.05) is 30.6 Å². The number of likely N-dealkylation sites (tertiary alicyclic amines) is 1. The number of nitrogens with one attached hydrogen (secondary N) is 1. The highest BCUT2D eigenvalue weighted by atomic mass is 19.1.